The molecule has 24 heavy (non-hydrogen) atoms. The van der Waals surface area contributed by atoms with Gasteiger partial charge in [0.05, 0.1) is 18.8 Å². The highest BCUT2D eigenvalue weighted by atomic mass is 28.4. The van der Waals surface area contributed by atoms with Gasteiger partial charge in [0.15, 0.2) is 0 Å². The Bertz CT molecular complexity index is 428. The summed E-state index contributed by atoms with van der Waals surface area (Å²) in [4.78, 5) is 0. The molecule has 1 aliphatic heterocycles. The Morgan fingerprint density at radius 2 is 1.50 bits per heavy atom. The van der Waals surface area contributed by atoms with Crippen LogP contribution in [0.3, 0.4) is 0 Å². The van der Waals surface area contributed by atoms with Crippen LogP contribution in [0.25, 0.3) is 0 Å². The van der Waals surface area contributed by atoms with E-state index in [1.54, 1.807) is 0 Å². The van der Waals surface area contributed by atoms with Crippen molar-refractivity contribution in [3.05, 3.63) is 0 Å². The first-order valence-corrected chi connectivity index (χ1v) is 11.6. The molecule has 0 aromatic heterocycles. The summed E-state index contributed by atoms with van der Waals surface area (Å²) in [5, 5.41) is 9.64. The molecule has 140 valence electrons. The second-order valence-corrected chi connectivity index (χ2v) is 13.7. The molecule has 0 amide bonds. The lowest BCUT2D eigenvalue weighted by molar-refractivity contribution is -0.153. The summed E-state index contributed by atoms with van der Waals surface area (Å²) in [7, 11) is -2.00. The van der Waals surface area contributed by atoms with E-state index in [0.717, 1.165) is 0 Å². The van der Waals surface area contributed by atoms with E-state index in [9.17, 15) is 5.11 Å². The zero-order valence-electron chi connectivity index (χ0n) is 17.1. The van der Waals surface area contributed by atoms with Crippen LogP contribution >= 0.6 is 0 Å². The predicted molar refractivity (Wildman–Crippen MR) is 103 cm³/mol. The van der Waals surface area contributed by atoms with Crippen LogP contribution in [0.15, 0.2) is 0 Å². The Kier molecular flexibility index (Phi) is 8.00. The highest BCUT2D eigenvalue weighted by Crippen LogP contribution is 2.46. The zero-order chi connectivity index (χ0) is 18.7. The van der Waals surface area contributed by atoms with E-state index in [2.05, 4.69) is 67.2 Å². The number of hydrogen-bond donors (Lipinski definition) is 1. The first-order valence-electron chi connectivity index (χ1n) is 9.49. The third-order valence-electron chi connectivity index (χ3n) is 6.07. The topological polar surface area (TPSA) is 38.7 Å². The molecule has 0 bridgehead atoms. The lowest BCUT2D eigenvalue weighted by atomic mass is 9.81. The van der Waals surface area contributed by atoms with Crippen LogP contribution in [0.5, 0.6) is 0 Å². The van der Waals surface area contributed by atoms with Crippen LogP contribution in [0, 0.1) is 23.7 Å². The zero-order valence-corrected chi connectivity index (χ0v) is 18.1. The molecule has 0 aromatic carbocycles. The van der Waals surface area contributed by atoms with E-state index in [0.29, 0.717) is 22.5 Å². The van der Waals surface area contributed by atoms with Crippen molar-refractivity contribution >= 4 is 8.32 Å². The molecule has 0 aliphatic carbocycles. The smallest absolute Gasteiger partial charge is 0.200 e. The Morgan fingerprint density at radius 1 is 1.00 bits per heavy atom. The number of rotatable bonds is 6. The molecule has 5 atom stereocenters. The SMILES string of the molecule is CC#C[C@H]1O[C@H](CO)[C@@H](C)[C@H](C)[C@@H]1O[Si](C(C)C)(C(C)C)C(C)C. The van der Waals surface area contributed by atoms with Crippen LogP contribution in [0.2, 0.25) is 16.6 Å². The van der Waals surface area contributed by atoms with Crippen LogP contribution in [0.4, 0.5) is 0 Å². The van der Waals surface area contributed by atoms with Crippen molar-refractivity contribution in [3.63, 3.8) is 0 Å². The molecule has 1 N–H and O–H groups in total. The fourth-order valence-corrected chi connectivity index (χ4v) is 10.2. The Balaban J connectivity index is 3.24. The molecule has 0 radical (unpaired) electrons. The second kappa shape index (κ2) is 8.85. The lowest BCUT2D eigenvalue weighted by Crippen LogP contribution is -2.58. The monoisotopic (exact) mass is 354 g/mol. The highest BCUT2D eigenvalue weighted by Gasteiger charge is 2.51. The van der Waals surface area contributed by atoms with Gasteiger partial charge in [0, 0.05) is 0 Å². The third kappa shape index (κ3) is 4.07. The van der Waals surface area contributed by atoms with E-state index < -0.39 is 8.32 Å². The molecule has 3 nitrogen and oxygen atoms in total. The number of ether oxygens (including phenoxy) is 1. The largest absolute Gasteiger partial charge is 0.409 e. The Hall–Kier alpha value is -0.343. The fraction of sp³-hybridized carbons (Fsp3) is 0.900. The summed E-state index contributed by atoms with van der Waals surface area (Å²) < 4.78 is 13.2. The quantitative estimate of drug-likeness (QED) is 0.559. The first-order chi connectivity index (χ1) is 11.1. The number of aliphatic hydroxyl groups excluding tert-OH is 1. The van der Waals surface area contributed by atoms with Gasteiger partial charge >= 0.3 is 0 Å². The standard InChI is InChI=1S/C20H38O3Si/c1-10-11-18-20(17(9)16(8)19(12-21)22-18)23-24(13(2)3,14(4)5)15(6)7/h13-21H,12H2,1-9H3/t16-,17-,18+,19+,20-/m0/s1. The summed E-state index contributed by atoms with van der Waals surface area (Å²) >= 11 is 0. The van der Waals surface area contributed by atoms with Crippen LogP contribution in [0.1, 0.15) is 62.3 Å². The van der Waals surface area contributed by atoms with E-state index in [4.69, 9.17) is 9.16 Å². The third-order valence-corrected chi connectivity index (χ3v) is 12.2. The first kappa shape index (κ1) is 21.7. The number of aliphatic hydroxyl groups is 1. The van der Waals surface area contributed by atoms with E-state index in [1.165, 1.54) is 0 Å². The van der Waals surface area contributed by atoms with Gasteiger partial charge in [-0.15, -0.1) is 5.92 Å². The lowest BCUT2D eigenvalue weighted by Gasteiger charge is -2.50. The van der Waals surface area contributed by atoms with E-state index in [1.807, 2.05) is 6.92 Å². The maximum atomic E-state index is 9.64. The van der Waals surface area contributed by atoms with Crippen LogP contribution in [-0.4, -0.2) is 38.3 Å². The molecular formula is C20H38O3Si. The molecule has 1 saturated heterocycles. The maximum absolute atomic E-state index is 9.64. The molecule has 1 heterocycles. The van der Waals surface area contributed by atoms with Crippen molar-refractivity contribution in [1.82, 2.24) is 0 Å². The molecule has 4 heteroatoms. The summed E-state index contributed by atoms with van der Waals surface area (Å²) in [6.07, 6.45) is -0.422. The van der Waals surface area contributed by atoms with E-state index in [-0.39, 0.29) is 30.8 Å². The van der Waals surface area contributed by atoms with Crippen LogP contribution < -0.4 is 0 Å². The van der Waals surface area contributed by atoms with Crippen molar-refractivity contribution in [2.24, 2.45) is 11.8 Å². The molecule has 1 fully saturated rings. The minimum absolute atomic E-state index is 0.0193. The molecule has 1 aliphatic rings. The van der Waals surface area contributed by atoms with Gasteiger partial charge in [-0.05, 0) is 35.4 Å². The molecular weight excluding hydrogens is 316 g/mol. The normalized spacial score (nSPS) is 31.5. The average molecular weight is 355 g/mol. The van der Waals surface area contributed by atoms with Gasteiger partial charge in [-0.2, -0.15) is 0 Å². The molecule has 0 saturated carbocycles. The van der Waals surface area contributed by atoms with Gasteiger partial charge in [0.2, 0.25) is 8.32 Å². The van der Waals surface area contributed by atoms with Crippen molar-refractivity contribution in [2.75, 3.05) is 6.61 Å². The Morgan fingerprint density at radius 3 is 1.88 bits per heavy atom. The summed E-state index contributed by atoms with van der Waals surface area (Å²) in [5.74, 6) is 6.77. The van der Waals surface area contributed by atoms with Crippen LogP contribution in [-0.2, 0) is 9.16 Å². The van der Waals surface area contributed by atoms with Crippen molar-refractivity contribution < 1.29 is 14.3 Å². The predicted octanol–water partition coefficient (Wildman–Crippen LogP) is 4.60. The molecule has 1 rings (SSSR count). The second-order valence-electron chi connectivity index (χ2n) is 8.29. The van der Waals surface area contributed by atoms with Gasteiger partial charge in [0.25, 0.3) is 0 Å². The van der Waals surface area contributed by atoms with Gasteiger partial charge in [-0.1, -0.05) is 61.3 Å². The molecule has 0 aromatic rings. The number of hydrogen-bond acceptors (Lipinski definition) is 3. The van der Waals surface area contributed by atoms with Gasteiger partial charge in [0.1, 0.15) is 6.10 Å². The van der Waals surface area contributed by atoms with E-state index >= 15 is 0 Å². The van der Waals surface area contributed by atoms with Gasteiger partial charge in [-0.3, -0.25) is 0 Å². The highest BCUT2D eigenvalue weighted by molar-refractivity contribution is 6.77. The fourth-order valence-electron chi connectivity index (χ4n) is 4.58. The molecule has 0 spiro atoms. The summed E-state index contributed by atoms with van der Waals surface area (Å²) in [6, 6.07) is 0. The minimum Gasteiger partial charge on any atom is -0.409 e. The summed E-state index contributed by atoms with van der Waals surface area (Å²) in [5.41, 5.74) is 1.60. The van der Waals surface area contributed by atoms with Crippen molar-refractivity contribution in [1.29, 1.82) is 0 Å². The molecule has 0 unspecified atom stereocenters. The van der Waals surface area contributed by atoms with Gasteiger partial charge in [-0.25, -0.2) is 0 Å². The van der Waals surface area contributed by atoms with Crippen molar-refractivity contribution in [2.45, 2.75) is 97.2 Å². The van der Waals surface area contributed by atoms with Gasteiger partial charge < -0.3 is 14.3 Å². The average Bonchev–Trinajstić information content (AvgIpc) is 2.49. The minimum atomic E-state index is -2.00. The summed E-state index contributed by atoms with van der Waals surface area (Å²) in [6.45, 7) is 20.1. The maximum Gasteiger partial charge on any atom is 0.200 e. The Labute approximate surface area is 150 Å². The van der Waals surface area contributed by atoms with Crippen molar-refractivity contribution in [3.8, 4) is 11.8 Å².